The van der Waals surface area contributed by atoms with Crippen molar-refractivity contribution < 1.29 is 31.5 Å². The molecule has 5 aromatic rings. The third kappa shape index (κ3) is 9.98. The van der Waals surface area contributed by atoms with Crippen molar-refractivity contribution in [2.24, 2.45) is 0 Å². The van der Waals surface area contributed by atoms with Gasteiger partial charge in [0.05, 0.1) is 37.9 Å². The van der Waals surface area contributed by atoms with Gasteiger partial charge >= 0.3 is 0 Å². The molecular formula is C39H41NO7S. The van der Waals surface area contributed by atoms with Crippen molar-refractivity contribution in [2.75, 3.05) is 39.6 Å². The summed E-state index contributed by atoms with van der Waals surface area (Å²) in [5, 5.41) is 0. The minimum absolute atomic E-state index is 0.0620. The molecule has 0 amide bonds. The van der Waals surface area contributed by atoms with E-state index in [4.69, 9.17) is 23.1 Å². The number of nitrogens with zero attached hydrogens (tertiary/aromatic N) is 1. The summed E-state index contributed by atoms with van der Waals surface area (Å²) in [6.45, 7) is 6.13. The molecule has 0 atom stereocenters. The number of aromatic nitrogens is 1. The Balaban J connectivity index is 1.03. The van der Waals surface area contributed by atoms with E-state index in [0.717, 1.165) is 51.3 Å². The summed E-state index contributed by atoms with van der Waals surface area (Å²) in [7, 11) is -3.79. The number of aryl methyl sites for hydroxylation is 1. The van der Waals surface area contributed by atoms with E-state index in [1.807, 2.05) is 73.9 Å². The van der Waals surface area contributed by atoms with E-state index in [1.54, 1.807) is 12.1 Å². The van der Waals surface area contributed by atoms with E-state index in [2.05, 4.69) is 36.2 Å². The SMILES string of the molecule is CCc1c(-c2ccc(OCCOCCOCCOS(=O)(=O)c3ccc(C)cc3)cc2)cncc1-c1ccc(OCc2ccccc2)cc1. The monoisotopic (exact) mass is 667 g/mol. The molecule has 0 radical (unpaired) electrons. The van der Waals surface area contributed by atoms with Gasteiger partial charge in [0.1, 0.15) is 24.7 Å². The van der Waals surface area contributed by atoms with Gasteiger partial charge in [0.25, 0.3) is 10.1 Å². The average Bonchev–Trinajstić information content (AvgIpc) is 3.12. The fraction of sp³-hybridized carbons (Fsp3) is 0.256. The first-order valence-electron chi connectivity index (χ1n) is 16.0. The van der Waals surface area contributed by atoms with Gasteiger partial charge in [-0.05, 0) is 72.0 Å². The average molecular weight is 668 g/mol. The first-order chi connectivity index (χ1) is 23.4. The fourth-order valence-electron chi connectivity index (χ4n) is 5.08. The minimum atomic E-state index is -3.79. The highest BCUT2D eigenvalue weighted by Crippen LogP contribution is 2.33. The van der Waals surface area contributed by atoms with Crippen LogP contribution in [0.1, 0.15) is 23.6 Å². The zero-order valence-electron chi connectivity index (χ0n) is 27.3. The molecule has 0 saturated heterocycles. The van der Waals surface area contributed by atoms with Crippen molar-refractivity contribution in [3.63, 3.8) is 0 Å². The summed E-state index contributed by atoms with van der Waals surface area (Å²) in [6.07, 6.45) is 4.70. The summed E-state index contributed by atoms with van der Waals surface area (Å²) >= 11 is 0. The van der Waals surface area contributed by atoms with Crippen LogP contribution in [-0.4, -0.2) is 53.0 Å². The van der Waals surface area contributed by atoms with Crippen LogP contribution >= 0.6 is 0 Å². The molecule has 0 fully saturated rings. The van der Waals surface area contributed by atoms with Crippen LogP contribution < -0.4 is 9.47 Å². The quantitative estimate of drug-likeness (QED) is 0.0694. The van der Waals surface area contributed by atoms with Gasteiger partial charge in [0.15, 0.2) is 0 Å². The van der Waals surface area contributed by atoms with Crippen molar-refractivity contribution in [1.29, 1.82) is 0 Å². The lowest BCUT2D eigenvalue weighted by Gasteiger charge is -2.15. The molecule has 0 aliphatic rings. The first-order valence-corrected chi connectivity index (χ1v) is 17.4. The molecule has 0 spiro atoms. The second kappa shape index (κ2) is 17.6. The lowest BCUT2D eigenvalue weighted by atomic mass is 9.93. The molecule has 0 unspecified atom stereocenters. The number of hydrogen-bond donors (Lipinski definition) is 0. The predicted octanol–water partition coefficient (Wildman–Crippen LogP) is 7.68. The number of rotatable bonds is 18. The second-order valence-corrected chi connectivity index (χ2v) is 12.7. The fourth-order valence-corrected chi connectivity index (χ4v) is 5.98. The first kappa shape index (κ1) is 34.8. The summed E-state index contributed by atoms with van der Waals surface area (Å²) in [4.78, 5) is 4.70. The molecule has 4 aromatic carbocycles. The molecule has 0 aliphatic heterocycles. The van der Waals surface area contributed by atoms with Crippen molar-refractivity contribution >= 4 is 10.1 Å². The lowest BCUT2D eigenvalue weighted by molar-refractivity contribution is 0.0279. The lowest BCUT2D eigenvalue weighted by Crippen LogP contribution is -2.14. The maximum atomic E-state index is 12.2. The Hall–Kier alpha value is -4.54. The summed E-state index contributed by atoms with van der Waals surface area (Å²) in [6, 6.07) is 32.8. The Morgan fingerprint density at radius 2 is 1.15 bits per heavy atom. The van der Waals surface area contributed by atoms with E-state index < -0.39 is 10.1 Å². The van der Waals surface area contributed by atoms with Crippen molar-refractivity contribution in [3.8, 4) is 33.8 Å². The maximum Gasteiger partial charge on any atom is 0.297 e. The van der Waals surface area contributed by atoms with Crippen LogP contribution in [0.2, 0.25) is 0 Å². The largest absolute Gasteiger partial charge is 0.491 e. The second-order valence-electron chi connectivity index (χ2n) is 11.1. The molecule has 0 saturated carbocycles. The van der Waals surface area contributed by atoms with Crippen LogP contribution in [0, 0.1) is 6.92 Å². The number of benzene rings is 4. The van der Waals surface area contributed by atoms with Crippen LogP contribution in [0.4, 0.5) is 0 Å². The number of pyridine rings is 1. The minimum Gasteiger partial charge on any atom is -0.491 e. The van der Waals surface area contributed by atoms with Crippen LogP contribution in [0.3, 0.4) is 0 Å². The number of hydrogen-bond acceptors (Lipinski definition) is 8. The van der Waals surface area contributed by atoms with Crippen molar-refractivity contribution in [3.05, 3.63) is 132 Å². The van der Waals surface area contributed by atoms with E-state index >= 15 is 0 Å². The molecular weight excluding hydrogens is 626 g/mol. The van der Waals surface area contributed by atoms with Crippen LogP contribution in [-0.2, 0) is 36.8 Å². The molecule has 250 valence electrons. The third-order valence-corrected chi connectivity index (χ3v) is 8.96. The third-order valence-electron chi connectivity index (χ3n) is 7.63. The highest BCUT2D eigenvalue weighted by molar-refractivity contribution is 7.86. The molecule has 9 heteroatoms. The van der Waals surface area contributed by atoms with Gasteiger partial charge in [-0.1, -0.05) is 79.2 Å². The Morgan fingerprint density at radius 3 is 1.73 bits per heavy atom. The molecule has 1 aromatic heterocycles. The molecule has 1 heterocycles. The van der Waals surface area contributed by atoms with Gasteiger partial charge in [-0.3, -0.25) is 9.17 Å². The molecule has 5 rings (SSSR count). The Kier molecular flexibility index (Phi) is 12.7. The summed E-state index contributed by atoms with van der Waals surface area (Å²) in [5.74, 6) is 1.58. The van der Waals surface area contributed by atoms with Crippen LogP contribution in [0.15, 0.2) is 120 Å². The summed E-state index contributed by atoms with van der Waals surface area (Å²) < 4.78 is 52.2. The molecule has 48 heavy (non-hydrogen) atoms. The van der Waals surface area contributed by atoms with Crippen LogP contribution in [0.5, 0.6) is 11.5 Å². The highest BCUT2D eigenvalue weighted by atomic mass is 32.2. The number of ether oxygens (including phenoxy) is 4. The smallest absolute Gasteiger partial charge is 0.297 e. The van der Waals surface area contributed by atoms with Crippen molar-refractivity contribution in [1.82, 2.24) is 4.98 Å². The highest BCUT2D eigenvalue weighted by Gasteiger charge is 2.15. The molecule has 0 aliphatic carbocycles. The topological polar surface area (TPSA) is 93.2 Å². The van der Waals surface area contributed by atoms with Gasteiger partial charge < -0.3 is 18.9 Å². The standard InChI is InChI=1S/C39H41NO7S/c1-3-37-38(27-40-28-39(37)33-13-17-35(18-14-33)46-29-31-7-5-4-6-8-31)32-11-15-34(16-12-32)45-25-23-43-21-22-44-24-26-47-48(41,42)36-19-9-30(2)10-20-36/h4-20,27-28H,3,21-26,29H2,1-2H3. The Bertz CT molecular complexity index is 1810. The van der Waals surface area contributed by atoms with Gasteiger partial charge in [-0.15, -0.1) is 0 Å². The van der Waals surface area contributed by atoms with Gasteiger partial charge in [-0.2, -0.15) is 8.42 Å². The molecule has 0 bridgehead atoms. The zero-order chi connectivity index (χ0) is 33.6. The van der Waals surface area contributed by atoms with E-state index in [0.29, 0.717) is 33.0 Å². The Labute approximate surface area is 283 Å². The maximum absolute atomic E-state index is 12.2. The molecule has 0 N–H and O–H groups in total. The Morgan fingerprint density at radius 1 is 0.604 bits per heavy atom. The van der Waals surface area contributed by atoms with Crippen molar-refractivity contribution in [2.45, 2.75) is 31.8 Å². The van der Waals surface area contributed by atoms with Crippen LogP contribution in [0.25, 0.3) is 22.3 Å². The van der Waals surface area contributed by atoms with Gasteiger partial charge in [0, 0.05) is 23.5 Å². The van der Waals surface area contributed by atoms with E-state index in [9.17, 15) is 8.42 Å². The van der Waals surface area contributed by atoms with E-state index in [-0.39, 0.29) is 18.1 Å². The zero-order valence-corrected chi connectivity index (χ0v) is 28.2. The van der Waals surface area contributed by atoms with Gasteiger partial charge in [0.2, 0.25) is 0 Å². The van der Waals surface area contributed by atoms with E-state index in [1.165, 1.54) is 17.7 Å². The van der Waals surface area contributed by atoms with Gasteiger partial charge in [-0.25, -0.2) is 0 Å². The summed E-state index contributed by atoms with van der Waals surface area (Å²) in [5.41, 5.74) is 7.70. The predicted molar refractivity (Wildman–Crippen MR) is 187 cm³/mol. The normalized spacial score (nSPS) is 11.4. The molecule has 8 nitrogen and oxygen atoms in total.